The highest BCUT2D eigenvalue weighted by atomic mass is 19.4. The van der Waals surface area contributed by atoms with Crippen LogP contribution in [0.3, 0.4) is 0 Å². The standard InChI is InChI=1S/C10H11F3N2O3/c1-9(18)2-5(3-9)15-7(10(11,12)13)6(4-14-15)8(16)17/h4-5,18H,2-3H2,1H3,(H,16,17). The highest BCUT2D eigenvalue weighted by Gasteiger charge is 2.46. The van der Waals surface area contributed by atoms with Gasteiger partial charge in [-0.05, 0) is 19.8 Å². The molecule has 1 saturated carbocycles. The van der Waals surface area contributed by atoms with Gasteiger partial charge in [-0.15, -0.1) is 0 Å². The SMILES string of the molecule is CC1(O)CC(n2ncc(C(=O)O)c2C(F)(F)F)C1. The quantitative estimate of drug-likeness (QED) is 0.852. The van der Waals surface area contributed by atoms with Gasteiger partial charge in [0.1, 0.15) is 5.56 Å². The predicted molar refractivity (Wildman–Crippen MR) is 53.1 cm³/mol. The van der Waals surface area contributed by atoms with E-state index in [2.05, 4.69) is 5.10 Å². The normalized spacial score (nSPS) is 27.9. The average Bonchev–Trinajstić information content (AvgIpc) is 2.56. The van der Waals surface area contributed by atoms with Gasteiger partial charge in [0.25, 0.3) is 0 Å². The van der Waals surface area contributed by atoms with Crippen molar-refractivity contribution < 1.29 is 28.2 Å². The molecule has 1 heterocycles. The minimum Gasteiger partial charge on any atom is -0.478 e. The van der Waals surface area contributed by atoms with Crippen LogP contribution in [-0.4, -0.2) is 31.6 Å². The largest absolute Gasteiger partial charge is 0.478 e. The molecule has 1 aliphatic rings. The molecule has 0 aromatic carbocycles. The Morgan fingerprint density at radius 1 is 1.56 bits per heavy atom. The Morgan fingerprint density at radius 3 is 2.50 bits per heavy atom. The van der Waals surface area contributed by atoms with Gasteiger partial charge in [0.2, 0.25) is 0 Å². The summed E-state index contributed by atoms with van der Waals surface area (Å²) in [4.78, 5) is 10.7. The zero-order chi connectivity index (χ0) is 13.7. The van der Waals surface area contributed by atoms with Crippen LogP contribution in [0.5, 0.6) is 0 Å². The summed E-state index contributed by atoms with van der Waals surface area (Å²) in [6, 6.07) is -0.621. The van der Waals surface area contributed by atoms with Crippen LogP contribution in [0, 0.1) is 0 Å². The molecule has 2 rings (SSSR count). The Morgan fingerprint density at radius 2 is 2.11 bits per heavy atom. The van der Waals surface area contributed by atoms with E-state index in [4.69, 9.17) is 5.11 Å². The summed E-state index contributed by atoms with van der Waals surface area (Å²) < 4.78 is 39.1. The number of carboxylic acids is 1. The van der Waals surface area contributed by atoms with E-state index in [1.807, 2.05) is 0 Å². The van der Waals surface area contributed by atoms with Gasteiger partial charge in [0, 0.05) is 0 Å². The molecule has 1 aromatic rings. The van der Waals surface area contributed by atoms with Crippen LogP contribution in [0.15, 0.2) is 6.20 Å². The smallest absolute Gasteiger partial charge is 0.433 e. The minimum atomic E-state index is -4.79. The second-order valence-electron chi connectivity index (χ2n) is 4.71. The fourth-order valence-electron chi connectivity index (χ4n) is 2.21. The molecule has 0 spiro atoms. The number of carbonyl (C=O) groups is 1. The van der Waals surface area contributed by atoms with Crippen molar-refractivity contribution in [2.24, 2.45) is 0 Å². The van der Waals surface area contributed by atoms with Gasteiger partial charge in [-0.2, -0.15) is 18.3 Å². The van der Waals surface area contributed by atoms with Crippen molar-refractivity contribution in [2.75, 3.05) is 0 Å². The number of rotatable bonds is 2. The highest BCUT2D eigenvalue weighted by Crippen LogP contribution is 2.44. The van der Waals surface area contributed by atoms with Crippen molar-refractivity contribution in [3.05, 3.63) is 17.5 Å². The lowest BCUT2D eigenvalue weighted by atomic mass is 9.77. The van der Waals surface area contributed by atoms with E-state index in [9.17, 15) is 23.1 Å². The van der Waals surface area contributed by atoms with Crippen LogP contribution in [0.2, 0.25) is 0 Å². The lowest BCUT2D eigenvalue weighted by molar-refractivity contribution is -0.149. The molecule has 0 saturated heterocycles. The first-order chi connectivity index (χ1) is 8.12. The van der Waals surface area contributed by atoms with E-state index in [0.29, 0.717) is 10.9 Å². The highest BCUT2D eigenvalue weighted by molar-refractivity contribution is 5.88. The van der Waals surface area contributed by atoms with E-state index in [0.717, 1.165) is 0 Å². The summed E-state index contributed by atoms with van der Waals surface area (Å²) in [5, 5.41) is 21.7. The molecule has 5 nitrogen and oxygen atoms in total. The first-order valence-electron chi connectivity index (χ1n) is 5.22. The number of halogens is 3. The molecule has 1 aliphatic carbocycles. The van der Waals surface area contributed by atoms with Crippen LogP contribution >= 0.6 is 0 Å². The van der Waals surface area contributed by atoms with Crippen LogP contribution in [-0.2, 0) is 6.18 Å². The predicted octanol–water partition coefficient (Wildman–Crippen LogP) is 1.69. The summed E-state index contributed by atoms with van der Waals surface area (Å²) in [6.07, 6.45) is -3.85. The molecule has 0 aliphatic heterocycles. The minimum absolute atomic E-state index is 0.122. The van der Waals surface area contributed by atoms with E-state index < -0.39 is 35.0 Å². The van der Waals surface area contributed by atoms with Crippen molar-refractivity contribution in [2.45, 2.75) is 37.6 Å². The molecule has 18 heavy (non-hydrogen) atoms. The van der Waals surface area contributed by atoms with Gasteiger partial charge in [-0.1, -0.05) is 0 Å². The molecule has 8 heteroatoms. The lowest BCUT2D eigenvalue weighted by Crippen LogP contribution is -2.43. The van der Waals surface area contributed by atoms with Crippen LogP contribution in [0.1, 0.15) is 41.9 Å². The second kappa shape index (κ2) is 3.71. The molecule has 1 aromatic heterocycles. The van der Waals surface area contributed by atoms with Gasteiger partial charge in [0.15, 0.2) is 5.69 Å². The fourth-order valence-corrected chi connectivity index (χ4v) is 2.21. The topological polar surface area (TPSA) is 75.3 Å². The molecule has 0 unspecified atom stereocenters. The second-order valence-corrected chi connectivity index (χ2v) is 4.71. The fraction of sp³-hybridized carbons (Fsp3) is 0.600. The third kappa shape index (κ3) is 2.07. The molecule has 0 radical (unpaired) electrons. The molecule has 0 amide bonds. The Hall–Kier alpha value is -1.57. The Kier molecular flexibility index (Phi) is 2.65. The Labute approximate surface area is 99.8 Å². The number of nitrogens with zero attached hydrogens (tertiary/aromatic N) is 2. The van der Waals surface area contributed by atoms with E-state index in [1.54, 1.807) is 0 Å². The van der Waals surface area contributed by atoms with Gasteiger partial charge >= 0.3 is 12.1 Å². The van der Waals surface area contributed by atoms with Crippen LogP contribution in [0.25, 0.3) is 0 Å². The maximum atomic E-state index is 12.8. The summed E-state index contributed by atoms with van der Waals surface area (Å²) in [5.74, 6) is -1.67. The van der Waals surface area contributed by atoms with Crippen molar-refractivity contribution in [1.29, 1.82) is 0 Å². The molecule has 100 valence electrons. The van der Waals surface area contributed by atoms with E-state index in [-0.39, 0.29) is 12.8 Å². The third-order valence-electron chi connectivity index (χ3n) is 2.99. The van der Waals surface area contributed by atoms with Crippen molar-refractivity contribution in [1.82, 2.24) is 9.78 Å². The lowest BCUT2D eigenvalue weighted by Gasteiger charge is -2.41. The van der Waals surface area contributed by atoms with Crippen LogP contribution < -0.4 is 0 Å². The van der Waals surface area contributed by atoms with Gasteiger partial charge in [-0.3, -0.25) is 4.68 Å². The molecule has 2 N–H and O–H groups in total. The van der Waals surface area contributed by atoms with E-state index in [1.165, 1.54) is 6.92 Å². The van der Waals surface area contributed by atoms with Crippen molar-refractivity contribution in [3.8, 4) is 0 Å². The van der Waals surface area contributed by atoms with Gasteiger partial charge < -0.3 is 10.2 Å². The summed E-state index contributed by atoms with van der Waals surface area (Å²) in [7, 11) is 0. The number of aromatic nitrogens is 2. The number of aromatic carboxylic acids is 1. The van der Waals surface area contributed by atoms with Crippen molar-refractivity contribution in [3.63, 3.8) is 0 Å². The van der Waals surface area contributed by atoms with Crippen LogP contribution in [0.4, 0.5) is 13.2 Å². The third-order valence-corrected chi connectivity index (χ3v) is 2.99. The Balaban J connectivity index is 2.41. The number of alkyl halides is 3. The average molecular weight is 264 g/mol. The first kappa shape index (κ1) is 12.9. The summed E-state index contributed by atoms with van der Waals surface area (Å²) in [6.45, 7) is 1.51. The molecular formula is C10H11F3N2O3. The van der Waals surface area contributed by atoms with E-state index >= 15 is 0 Å². The molecule has 1 fully saturated rings. The Bertz CT molecular complexity index is 485. The number of carboxylic acid groups (broad SMARTS) is 1. The first-order valence-corrected chi connectivity index (χ1v) is 5.22. The molecule has 0 atom stereocenters. The summed E-state index contributed by atoms with van der Waals surface area (Å²) >= 11 is 0. The van der Waals surface area contributed by atoms with Gasteiger partial charge in [0.05, 0.1) is 17.8 Å². The monoisotopic (exact) mass is 264 g/mol. The zero-order valence-electron chi connectivity index (χ0n) is 9.40. The van der Waals surface area contributed by atoms with Crippen molar-refractivity contribution >= 4 is 5.97 Å². The number of hydrogen-bond acceptors (Lipinski definition) is 3. The molecule has 0 bridgehead atoms. The zero-order valence-corrected chi connectivity index (χ0v) is 9.40. The maximum absolute atomic E-state index is 12.8. The number of hydrogen-bond donors (Lipinski definition) is 2. The maximum Gasteiger partial charge on any atom is 0.433 e. The molecular weight excluding hydrogens is 253 g/mol. The van der Waals surface area contributed by atoms with Gasteiger partial charge in [-0.25, -0.2) is 4.79 Å². The summed E-state index contributed by atoms with van der Waals surface area (Å²) in [5.41, 5.74) is -3.15. The number of aliphatic hydroxyl groups is 1.